The number of aliphatic carboxylic acids is 1. The molecule has 0 bridgehead atoms. The first-order valence-corrected chi connectivity index (χ1v) is 7.57. The molecule has 0 saturated carbocycles. The zero-order valence-corrected chi connectivity index (χ0v) is 13.6. The molecule has 22 heavy (non-hydrogen) atoms. The van der Waals surface area contributed by atoms with E-state index in [2.05, 4.69) is 19.2 Å². The monoisotopic (exact) mass is 307 g/mol. The van der Waals surface area contributed by atoms with E-state index in [0.29, 0.717) is 23.8 Å². The molecule has 1 aromatic carbocycles. The summed E-state index contributed by atoms with van der Waals surface area (Å²) in [5.74, 6) is -0.322. The standard InChI is InChI=1S/C17H25NO4/c1-11(2)9-10-22-14-7-5-13(6-8-14)16(19)18-15(12(3)4)17(20)21/h5-8,11-12,15H,9-10H2,1-4H3,(H,18,19)(H,20,21). The van der Waals surface area contributed by atoms with Gasteiger partial charge in [0.15, 0.2) is 0 Å². The molecule has 1 unspecified atom stereocenters. The second-order valence-electron chi connectivity index (χ2n) is 6.09. The zero-order chi connectivity index (χ0) is 16.7. The summed E-state index contributed by atoms with van der Waals surface area (Å²) in [5.41, 5.74) is 0.420. The lowest BCUT2D eigenvalue weighted by molar-refractivity contribution is -0.140. The molecule has 0 heterocycles. The van der Waals surface area contributed by atoms with E-state index in [9.17, 15) is 9.59 Å². The van der Waals surface area contributed by atoms with E-state index < -0.39 is 17.9 Å². The van der Waals surface area contributed by atoms with Gasteiger partial charge in [0, 0.05) is 5.56 Å². The Morgan fingerprint density at radius 3 is 2.18 bits per heavy atom. The van der Waals surface area contributed by atoms with E-state index in [1.54, 1.807) is 38.1 Å². The van der Waals surface area contributed by atoms with Gasteiger partial charge < -0.3 is 15.2 Å². The number of carboxylic acids is 1. The van der Waals surface area contributed by atoms with Gasteiger partial charge in [-0.25, -0.2) is 4.79 Å². The van der Waals surface area contributed by atoms with Crippen LogP contribution >= 0.6 is 0 Å². The molecule has 1 amide bonds. The van der Waals surface area contributed by atoms with Crippen LogP contribution in [-0.4, -0.2) is 29.6 Å². The maximum atomic E-state index is 12.1. The van der Waals surface area contributed by atoms with Crippen LogP contribution in [0.25, 0.3) is 0 Å². The van der Waals surface area contributed by atoms with Crippen LogP contribution in [-0.2, 0) is 4.79 Å². The summed E-state index contributed by atoms with van der Waals surface area (Å²) >= 11 is 0. The quantitative estimate of drug-likeness (QED) is 0.774. The van der Waals surface area contributed by atoms with Crippen LogP contribution < -0.4 is 10.1 Å². The van der Waals surface area contributed by atoms with Crippen molar-refractivity contribution in [2.45, 2.75) is 40.2 Å². The van der Waals surface area contributed by atoms with E-state index in [-0.39, 0.29) is 5.92 Å². The van der Waals surface area contributed by atoms with Crippen LogP contribution in [0.4, 0.5) is 0 Å². The average Bonchev–Trinajstić information content (AvgIpc) is 2.44. The average molecular weight is 307 g/mol. The van der Waals surface area contributed by atoms with Crippen molar-refractivity contribution in [3.8, 4) is 5.75 Å². The van der Waals surface area contributed by atoms with Crippen LogP contribution in [0.5, 0.6) is 5.75 Å². The molecular weight excluding hydrogens is 282 g/mol. The normalized spacial score (nSPS) is 12.3. The lowest BCUT2D eigenvalue weighted by Crippen LogP contribution is -2.44. The fraction of sp³-hybridized carbons (Fsp3) is 0.529. The Hall–Kier alpha value is -2.04. The zero-order valence-electron chi connectivity index (χ0n) is 13.6. The summed E-state index contributed by atoms with van der Waals surface area (Å²) < 4.78 is 5.58. The van der Waals surface area contributed by atoms with E-state index in [1.165, 1.54) is 0 Å². The largest absolute Gasteiger partial charge is 0.494 e. The van der Waals surface area contributed by atoms with Crippen molar-refractivity contribution in [3.05, 3.63) is 29.8 Å². The molecule has 0 radical (unpaired) electrons. The highest BCUT2D eigenvalue weighted by molar-refractivity contribution is 5.96. The molecule has 1 rings (SSSR count). The topological polar surface area (TPSA) is 75.6 Å². The fourth-order valence-electron chi connectivity index (χ4n) is 1.85. The summed E-state index contributed by atoms with van der Waals surface area (Å²) in [6, 6.07) is 5.83. The van der Waals surface area contributed by atoms with Gasteiger partial charge in [-0.15, -0.1) is 0 Å². The van der Waals surface area contributed by atoms with Crippen molar-refractivity contribution in [1.29, 1.82) is 0 Å². The maximum Gasteiger partial charge on any atom is 0.326 e. The molecule has 0 aromatic heterocycles. The third kappa shape index (κ3) is 5.76. The highest BCUT2D eigenvalue weighted by Crippen LogP contribution is 2.14. The van der Waals surface area contributed by atoms with Crippen LogP contribution in [0.1, 0.15) is 44.5 Å². The van der Waals surface area contributed by atoms with Gasteiger partial charge in [-0.05, 0) is 42.5 Å². The van der Waals surface area contributed by atoms with Crippen molar-refractivity contribution in [2.75, 3.05) is 6.61 Å². The SMILES string of the molecule is CC(C)CCOc1ccc(C(=O)NC(C(=O)O)C(C)C)cc1. The molecule has 122 valence electrons. The van der Waals surface area contributed by atoms with Crippen molar-refractivity contribution in [3.63, 3.8) is 0 Å². The van der Waals surface area contributed by atoms with Crippen LogP contribution in [0.3, 0.4) is 0 Å². The molecule has 0 fully saturated rings. The molecule has 2 N–H and O–H groups in total. The first kappa shape index (κ1) is 18.0. The minimum absolute atomic E-state index is 0.180. The Bertz CT molecular complexity index is 494. The maximum absolute atomic E-state index is 12.1. The number of carbonyl (C=O) groups excluding carboxylic acids is 1. The minimum atomic E-state index is -1.03. The molecular formula is C17H25NO4. The van der Waals surface area contributed by atoms with E-state index in [1.807, 2.05) is 0 Å². The molecule has 1 aromatic rings. The summed E-state index contributed by atoms with van der Waals surface area (Å²) in [5, 5.41) is 11.6. The first-order valence-electron chi connectivity index (χ1n) is 7.57. The number of amides is 1. The first-order chi connectivity index (χ1) is 10.3. The van der Waals surface area contributed by atoms with Gasteiger partial charge in [-0.2, -0.15) is 0 Å². The number of hydrogen-bond acceptors (Lipinski definition) is 3. The van der Waals surface area contributed by atoms with Crippen molar-refractivity contribution < 1.29 is 19.4 Å². The number of nitrogens with one attached hydrogen (secondary N) is 1. The Labute approximate surface area is 131 Å². The van der Waals surface area contributed by atoms with Gasteiger partial charge in [0.25, 0.3) is 5.91 Å². The van der Waals surface area contributed by atoms with Crippen LogP contribution in [0.15, 0.2) is 24.3 Å². The summed E-state index contributed by atoms with van der Waals surface area (Å²) in [6.45, 7) is 8.40. The van der Waals surface area contributed by atoms with Crippen molar-refractivity contribution in [2.24, 2.45) is 11.8 Å². The van der Waals surface area contributed by atoms with Gasteiger partial charge in [0.2, 0.25) is 0 Å². The number of carboxylic acid groups (broad SMARTS) is 1. The predicted octanol–water partition coefficient (Wildman–Crippen LogP) is 2.95. The van der Waals surface area contributed by atoms with Crippen LogP contribution in [0, 0.1) is 11.8 Å². The van der Waals surface area contributed by atoms with Crippen molar-refractivity contribution in [1.82, 2.24) is 5.32 Å². The smallest absolute Gasteiger partial charge is 0.326 e. The number of rotatable bonds is 8. The lowest BCUT2D eigenvalue weighted by Gasteiger charge is -2.18. The van der Waals surface area contributed by atoms with E-state index in [0.717, 1.165) is 6.42 Å². The Balaban J connectivity index is 2.62. The third-order valence-electron chi connectivity index (χ3n) is 3.30. The fourth-order valence-corrected chi connectivity index (χ4v) is 1.85. The second kappa shape index (κ2) is 8.41. The molecule has 0 aliphatic rings. The predicted molar refractivity (Wildman–Crippen MR) is 85.1 cm³/mol. The van der Waals surface area contributed by atoms with E-state index in [4.69, 9.17) is 9.84 Å². The summed E-state index contributed by atoms with van der Waals surface area (Å²) in [4.78, 5) is 23.2. The molecule has 0 aliphatic heterocycles. The third-order valence-corrected chi connectivity index (χ3v) is 3.30. The second-order valence-corrected chi connectivity index (χ2v) is 6.09. The molecule has 0 aliphatic carbocycles. The number of benzene rings is 1. The highest BCUT2D eigenvalue weighted by atomic mass is 16.5. The van der Waals surface area contributed by atoms with Gasteiger partial charge in [0.05, 0.1) is 6.61 Å². The highest BCUT2D eigenvalue weighted by Gasteiger charge is 2.23. The van der Waals surface area contributed by atoms with Crippen LogP contribution in [0.2, 0.25) is 0 Å². The molecule has 0 spiro atoms. The van der Waals surface area contributed by atoms with E-state index >= 15 is 0 Å². The molecule has 0 saturated heterocycles. The summed E-state index contributed by atoms with van der Waals surface area (Å²) in [7, 11) is 0. The Morgan fingerprint density at radius 2 is 1.73 bits per heavy atom. The number of ether oxygens (including phenoxy) is 1. The van der Waals surface area contributed by atoms with Crippen molar-refractivity contribution >= 4 is 11.9 Å². The summed E-state index contributed by atoms with van der Waals surface area (Å²) in [6.07, 6.45) is 0.969. The Kier molecular flexibility index (Phi) is 6.89. The Morgan fingerprint density at radius 1 is 1.14 bits per heavy atom. The number of hydrogen-bond donors (Lipinski definition) is 2. The van der Waals surface area contributed by atoms with Gasteiger partial charge in [-0.3, -0.25) is 4.79 Å². The molecule has 5 nitrogen and oxygen atoms in total. The van der Waals surface area contributed by atoms with Gasteiger partial charge in [-0.1, -0.05) is 27.7 Å². The van der Waals surface area contributed by atoms with Gasteiger partial charge >= 0.3 is 5.97 Å². The molecule has 1 atom stereocenters. The van der Waals surface area contributed by atoms with Gasteiger partial charge in [0.1, 0.15) is 11.8 Å². The number of carbonyl (C=O) groups is 2. The molecule has 5 heteroatoms. The minimum Gasteiger partial charge on any atom is -0.494 e. The lowest BCUT2D eigenvalue weighted by atomic mass is 10.0.